The molecule has 2 unspecified atom stereocenters. The van der Waals surface area contributed by atoms with E-state index in [0.29, 0.717) is 23.3 Å². The van der Waals surface area contributed by atoms with E-state index in [4.69, 9.17) is 26.1 Å². The average Bonchev–Trinajstić information content (AvgIpc) is 3.31. The molecule has 200 valence electrons. The van der Waals surface area contributed by atoms with Crippen LogP contribution in [-0.4, -0.2) is 28.7 Å². The third kappa shape index (κ3) is 7.29. The summed E-state index contributed by atoms with van der Waals surface area (Å²) in [6.07, 6.45) is 2.97. The SMILES string of the molecule is CCC(C)c1ccc(OCCCCn2c(C(C)NC(=O)COc3ccc(Cl)cc3)nc3ccccc32)cc1. The Morgan fingerprint density at radius 1 is 0.947 bits per heavy atom. The number of hydrogen-bond acceptors (Lipinski definition) is 4. The second kappa shape index (κ2) is 13.3. The lowest BCUT2D eigenvalue weighted by molar-refractivity contribution is -0.123. The van der Waals surface area contributed by atoms with Crippen LogP contribution in [-0.2, 0) is 11.3 Å². The maximum Gasteiger partial charge on any atom is 0.258 e. The van der Waals surface area contributed by atoms with Gasteiger partial charge in [0.1, 0.15) is 17.3 Å². The number of para-hydroxylation sites is 2. The van der Waals surface area contributed by atoms with Crippen LogP contribution < -0.4 is 14.8 Å². The number of hydrogen-bond donors (Lipinski definition) is 1. The number of nitrogens with one attached hydrogen (secondary N) is 1. The number of nitrogens with zero attached hydrogens (tertiary/aromatic N) is 2. The molecule has 3 aromatic carbocycles. The number of amides is 1. The summed E-state index contributed by atoms with van der Waals surface area (Å²) < 4.78 is 13.8. The summed E-state index contributed by atoms with van der Waals surface area (Å²) in [6.45, 7) is 7.75. The number of unbranched alkanes of at least 4 members (excludes halogenated alkanes) is 1. The van der Waals surface area contributed by atoms with Crippen molar-refractivity contribution in [1.82, 2.24) is 14.9 Å². The molecule has 0 aliphatic heterocycles. The normalized spacial score (nSPS) is 12.7. The summed E-state index contributed by atoms with van der Waals surface area (Å²) in [4.78, 5) is 17.4. The molecule has 0 bridgehead atoms. The molecule has 38 heavy (non-hydrogen) atoms. The zero-order valence-corrected chi connectivity index (χ0v) is 23.1. The standard InChI is InChI=1S/C31H36ClN3O3/c1-4-22(2)24-11-15-26(16-12-24)37-20-8-7-19-35-29-10-6-5-9-28(29)34-31(35)23(3)33-30(36)21-38-27-17-13-25(32)14-18-27/h5-6,9-18,22-23H,4,7-8,19-21H2,1-3H3,(H,33,36). The number of benzene rings is 3. The van der Waals surface area contributed by atoms with E-state index in [-0.39, 0.29) is 18.6 Å². The second-order valence-electron chi connectivity index (χ2n) is 9.58. The number of carbonyl (C=O) groups excluding carboxylic acids is 1. The van der Waals surface area contributed by atoms with Crippen molar-refractivity contribution < 1.29 is 14.3 Å². The number of fused-ring (bicyclic) bond motifs is 1. The minimum absolute atomic E-state index is 0.0815. The number of imidazole rings is 1. The molecule has 7 heteroatoms. The van der Waals surface area contributed by atoms with Gasteiger partial charge in [0.25, 0.3) is 5.91 Å². The highest BCUT2D eigenvalue weighted by molar-refractivity contribution is 6.30. The van der Waals surface area contributed by atoms with Gasteiger partial charge < -0.3 is 19.4 Å². The van der Waals surface area contributed by atoms with E-state index in [1.807, 2.05) is 25.1 Å². The van der Waals surface area contributed by atoms with Crippen LogP contribution in [0.15, 0.2) is 72.8 Å². The van der Waals surface area contributed by atoms with Gasteiger partial charge in [0.05, 0.1) is 23.7 Å². The van der Waals surface area contributed by atoms with Crippen LogP contribution in [0, 0.1) is 0 Å². The van der Waals surface area contributed by atoms with Crippen molar-refractivity contribution >= 4 is 28.5 Å². The molecule has 0 spiro atoms. The predicted octanol–water partition coefficient (Wildman–Crippen LogP) is 7.32. The monoisotopic (exact) mass is 533 g/mol. The molecule has 1 N–H and O–H groups in total. The lowest BCUT2D eigenvalue weighted by atomic mass is 9.99. The fourth-order valence-electron chi connectivity index (χ4n) is 4.38. The van der Waals surface area contributed by atoms with Crippen molar-refractivity contribution in [1.29, 1.82) is 0 Å². The first kappa shape index (κ1) is 27.5. The zero-order valence-electron chi connectivity index (χ0n) is 22.3. The number of aromatic nitrogens is 2. The molecule has 6 nitrogen and oxygen atoms in total. The van der Waals surface area contributed by atoms with Crippen molar-refractivity contribution in [2.75, 3.05) is 13.2 Å². The Kier molecular flexibility index (Phi) is 9.66. The summed E-state index contributed by atoms with van der Waals surface area (Å²) >= 11 is 5.91. The number of carbonyl (C=O) groups is 1. The Morgan fingerprint density at radius 2 is 1.63 bits per heavy atom. The molecule has 0 fully saturated rings. The summed E-state index contributed by atoms with van der Waals surface area (Å²) in [5, 5.41) is 3.64. The van der Waals surface area contributed by atoms with Crippen LogP contribution >= 0.6 is 11.6 Å². The van der Waals surface area contributed by atoms with Crippen LogP contribution in [0.25, 0.3) is 11.0 Å². The number of ether oxygens (including phenoxy) is 2. The number of rotatable bonds is 13. The molecule has 0 saturated heterocycles. The van der Waals surface area contributed by atoms with Gasteiger partial charge in [-0.1, -0.05) is 49.7 Å². The number of halogens is 1. The van der Waals surface area contributed by atoms with Gasteiger partial charge in [-0.2, -0.15) is 0 Å². The van der Waals surface area contributed by atoms with E-state index < -0.39 is 0 Å². The largest absolute Gasteiger partial charge is 0.494 e. The molecule has 1 amide bonds. The molecule has 1 heterocycles. The van der Waals surface area contributed by atoms with E-state index >= 15 is 0 Å². The highest BCUT2D eigenvalue weighted by Crippen LogP contribution is 2.23. The molecule has 0 aliphatic rings. The maximum absolute atomic E-state index is 12.6. The maximum atomic E-state index is 12.6. The van der Waals surface area contributed by atoms with Crippen molar-refractivity contribution in [2.24, 2.45) is 0 Å². The molecule has 0 saturated carbocycles. The summed E-state index contributed by atoms with van der Waals surface area (Å²) in [6, 6.07) is 23.2. The van der Waals surface area contributed by atoms with Gasteiger partial charge >= 0.3 is 0 Å². The van der Waals surface area contributed by atoms with Crippen molar-refractivity contribution in [3.63, 3.8) is 0 Å². The fraction of sp³-hybridized carbons (Fsp3) is 0.355. The summed E-state index contributed by atoms with van der Waals surface area (Å²) in [7, 11) is 0. The van der Waals surface area contributed by atoms with Crippen molar-refractivity contribution in [2.45, 2.75) is 58.5 Å². The Bertz CT molecular complexity index is 1320. The average molecular weight is 534 g/mol. The van der Waals surface area contributed by atoms with Crippen LogP contribution in [0.4, 0.5) is 0 Å². The van der Waals surface area contributed by atoms with Crippen LogP contribution in [0.1, 0.15) is 63.4 Å². The summed E-state index contributed by atoms with van der Waals surface area (Å²) in [5.74, 6) is 2.68. The molecular formula is C31H36ClN3O3. The summed E-state index contributed by atoms with van der Waals surface area (Å²) in [5.41, 5.74) is 3.32. The fourth-order valence-corrected chi connectivity index (χ4v) is 4.50. The second-order valence-corrected chi connectivity index (χ2v) is 10.0. The highest BCUT2D eigenvalue weighted by Gasteiger charge is 2.18. The molecule has 4 rings (SSSR count). The predicted molar refractivity (Wildman–Crippen MR) is 153 cm³/mol. The third-order valence-electron chi connectivity index (χ3n) is 6.74. The minimum Gasteiger partial charge on any atom is -0.494 e. The Balaban J connectivity index is 1.31. The van der Waals surface area contributed by atoms with Gasteiger partial charge in [-0.25, -0.2) is 4.98 Å². The zero-order chi connectivity index (χ0) is 26.9. The van der Waals surface area contributed by atoms with Gasteiger partial charge in [0.2, 0.25) is 0 Å². The van der Waals surface area contributed by atoms with Gasteiger partial charge in [-0.05, 0) is 86.2 Å². The number of aryl methyl sites for hydroxylation is 1. The van der Waals surface area contributed by atoms with Crippen LogP contribution in [0.3, 0.4) is 0 Å². The topological polar surface area (TPSA) is 65.4 Å². The Hall–Kier alpha value is -3.51. The molecular weight excluding hydrogens is 498 g/mol. The van der Waals surface area contributed by atoms with Crippen LogP contribution in [0.2, 0.25) is 5.02 Å². The first-order valence-electron chi connectivity index (χ1n) is 13.3. The molecule has 2 atom stereocenters. The Labute approximate surface area is 229 Å². The van der Waals surface area contributed by atoms with Gasteiger partial charge in [-0.15, -0.1) is 0 Å². The molecule has 0 aliphatic carbocycles. The first-order chi connectivity index (χ1) is 18.4. The van der Waals surface area contributed by atoms with E-state index in [0.717, 1.165) is 48.4 Å². The molecule has 0 radical (unpaired) electrons. The first-order valence-corrected chi connectivity index (χ1v) is 13.7. The third-order valence-corrected chi connectivity index (χ3v) is 6.99. The quantitative estimate of drug-likeness (QED) is 0.183. The van der Waals surface area contributed by atoms with Crippen molar-refractivity contribution in [3.8, 4) is 11.5 Å². The lowest BCUT2D eigenvalue weighted by Gasteiger charge is -2.17. The van der Waals surface area contributed by atoms with Gasteiger partial charge in [0, 0.05) is 11.6 Å². The van der Waals surface area contributed by atoms with E-state index in [1.165, 1.54) is 5.56 Å². The molecule has 4 aromatic rings. The molecule has 1 aromatic heterocycles. The minimum atomic E-state index is -0.274. The van der Waals surface area contributed by atoms with E-state index in [9.17, 15) is 4.79 Å². The van der Waals surface area contributed by atoms with E-state index in [1.54, 1.807) is 24.3 Å². The van der Waals surface area contributed by atoms with Crippen LogP contribution in [0.5, 0.6) is 11.5 Å². The Morgan fingerprint density at radius 3 is 2.37 bits per heavy atom. The van der Waals surface area contributed by atoms with Crippen molar-refractivity contribution in [3.05, 3.63) is 89.2 Å². The smallest absolute Gasteiger partial charge is 0.258 e. The van der Waals surface area contributed by atoms with Gasteiger partial charge in [0.15, 0.2) is 6.61 Å². The highest BCUT2D eigenvalue weighted by atomic mass is 35.5. The van der Waals surface area contributed by atoms with Gasteiger partial charge in [-0.3, -0.25) is 4.79 Å². The van der Waals surface area contributed by atoms with E-state index in [2.05, 4.69) is 54.1 Å². The lowest BCUT2D eigenvalue weighted by Crippen LogP contribution is -2.32.